The molecule has 0 aliphatic carbocycles. The van der Waals surface area contributed by atoms with Gasteiger partial charge in [0.15, 0.2) is 0 Å². The Morgan fingerprint density at radius 2 is 2.11 bits per heavy atom. The van der Waals surface area contributed by atoms with E-state index < -0.39 is 21.7 Å². The summed E-state index contributed by atoms with van der Waals surface area (Å²) in [7, 11) is -3.23. The zero-order chi connectivity index (χ0) is 13.8. The van der Waals surface area contributed by atoms with Crippen LogP contribution in [0.25, 0.3) is 0 Å². The summed E-state index contributed by atoms with van der Waals surface area (Å²) in [6.07, 6.45) is 3.28. The van der Waals surface area contributed by atoms with Crippen molar-refractivity contribution < 1.29 is 23.1 Å². The van der Waals surface area contributed by atoms with Crippen molar-refractivity contribution in [2.75, 3.05) is 17.3 Å². The highest BCUT2D eigenvalue weighted by atomic mass is 32.2. The van der Waals surface area contributed by atoms with Gasteiger partial charge in [-0.05, 0) is 6.07 Å². The van der Waals surface area contributed by atoms with E-state index in [-0.39, 0.29) is 23.4 Å². The molecule has 0 bridgehead atoms. The van der Waals surface area contributed by atoms with Gasteiger partial charge in [-0.15, -0.1) is 0 Å². The quantitative estimate of drug-likeness (QED) is 0.789. The number of rotatable bonds is 5. The molecule has 8 heteroatoms. The lowest BCUT2D eigenvalue weighted by molar-refractivity contribution is -0.115. The van der Waals surface area contributed by atoms with Gasteiger partial charge in [0.05, 0.1) is 23.2 Å². The van der Waals surface area contributed by atoms with Gasteiger partial charge >= 0.3 is 5.97 Å². The number of nitrogens with one attached hydrogen (secondary N) is 1. The maximum Gasteiger partial charge on any atom is 0.337 e. The molecule has 0 aromatic carbocycles. The molecular formula is C10H12N2O5S. The summed E-state index contributed by atoms with van der Waals surface area (Å²) in [5.41, 5.74) is -0.0544. The Balaban J connectivity index is 2.73. The molecule has 1 amide bonds. The molecule has 1 aromatic rings. The van der Waals surface area contributed by atoms with Gasteiger partial charge in [0.2, 0.25) is 5.91 Å². The second-order valence-electron chi connectivity index (χ2n) is 3.65. The van der Waals surface area contributed by atoms with Gasteiger partial charge in [0, 0.05) is 18.9 Å². The van der Waals surface area contributed by atoms with Crippen LogP contribution in [0, 0.1) is 0 Å². The number of anilines is 1. The monoisotopic (exact) mass is 272 g/mol. The van der Waals surface area contributed by atoms with Crippen LogP contribution in [0.4, 0.5) is 5.69 Å². The lowest BCUT2D eigenvalue weighted by Gasteiger charge is -2.07. The van der Waals surface area contributed by atoms with E-state index in [9.17, 15) is 18.0 Å². The summed E-state index contributed by atoms with van der Waals surface area (Å²) in [6, 6.07) is 1.24. The predicted molar refractivity (Wildman–Crippen MR) is 64.2 cm³/mol. The Kier molecular flexibility index (Phi) is 4.38. The summed E-state index contributed by atoms with van der Waals surface area (Å²) in [5, 5.41) is 11.2. The number of aromatic carboxylic acids is 1. The second kappa shape index (κ2) is 5.58. The number of hydrogen-bond donors (Lipinski definition) is 2. The van der Waals surface area contributed by atoms with Crippen LogP contribution in [0.2, 0.25) is 0 Å². The fraction of sp³-hybridized carbons (Fsp3) is 0.300. The molecule has 0 fully saturated rings. The first kappa shape index (κ1) is 14.1. The Morgan fingerprint density at radius 3 is 2.67 bits per heavy atom. The first-order chi connectivity index (χ1) is 8.29. The van der Waals surface area contributed by atoms with Crippen LogP contribution in [0.15, 0.2) is 18.5 Å². The molecule has 98 valence electrons. The number of hydrogen-bond acceptors (Lipinski definition) is 5. The highest BCUT2D eigenvalue weighted by Crippen LogP contribution is 2.13. The van der Waals surface area contributed by atoms with Crippen LogP contribution in [0.3, 0.4) is 0 Å². The standard InChI is InChI=1S/C10H12N2O5S/c1-18(16,17)5-3-9(13)12-8-6-11-4-2-7(8)10(14)15/h2,4,6H,3,5H2,1H3,(H,12,13)(H,14,15). The van der Waals surface area contributed by atoms with Gasteiger partial charge in [-0.1, -0.05) is 0 Å². The Bertz CT molecular complexity index is 567. The third-order valence-corrected chi connectivity index (χ3v) is 2.97. The number of aromatic nitrogens is 1. The van der Waals surface area contributed by atoms with E-state index in [1.54, 1.807) is 0 Å². The van der Waals surface area contributed by atoms with Crippen molar-refractivity contribution in [3.63, 3.8) is 0 Å². The fourth-order valence-corrected chi connectivity index (χ4v) is 1.73. The normalized spacial score (nSPS) is 10.9. The largest absolute Gasteiger partial charge is 0.478 e. The minimum atomic E-state index is -3.23. The van der Waals surface area contributed by atoms with Crippen molar-refractivity contribution in [2.45, 2.75) is 6.42 Å². The summed E-state index contributed by atoms with van der Waals surface area (Å²) in [5.74, 6) is -2.06. The molecule has 0 saturated heterocycles. The smallest absolute Gasteiger partial charge is 0.337 e. The van der Waals surface area contributed by atoms with Gasteiger partial charge in [-0.2, -0.15) is 0 Å². The van der Waals surface area contributed by atoms with Crippen molar-refractivity contribution >= 4 is 27.4 Å². The van der Waals surface area contributed by atoms with Crippen molar-refractivity contribution in [3.05, 3.63) is 24.0 Å². The summed E-state index contributed by atoms with van der Waals surface area (Å²) >= 11 is 0. The minimum absolute atomic E-state index is 0.0449. The lowest BCUT2D eigenvalue weighted by atomic mass is 10.2. The first-order valence-corrected chi connectivity index (χ1v) is 7.00. The maximum atomic E-state index is 11.4. The molecular weight excluding hydrogens is 260 g/mol. The molecule has 0 atom stereocenters. The average molecular weight is 272 g/mol. The molecule has 1 heterocycles. The summed E-state index contributed by atoms with van der Waals surface area (Å²) in [6.45, 7) is 0. The molecule has 0 unspecified atom stereocenters. The van der Waals surface area contributed by atoms with E-state index in [1.165, 1.54) is 18.5 Å². The topological polar surface area (TPSA) is 113 Å². The van der Waals surface area contributed by atoms with Crippen molar-refractivity contribution in [1.29, 1.82) is 0 Å². The van der Waals surface area contributed by atoms with Crippen molar-refractivity contribution in [3.8, 4) is 0 Å². The number of sulfone groups is 1. The van der Waals surface area contributed by atoms with Crippen LogP contribution in [-0.4, -0.2) is 42.4 Å². The zero-order valence-corrected chi connectivity index (χ0v) is 10.4. The van der Waals surface area contributed by atoms with Crippen LogP contribution in [0.1, 0.15) is 16.8 Å². The van der Waals surface area contributed by atoms with Crippen LogP contribution in [-0.2, 0) is 14.6 Å². The number of carboxylic acid groups (broad SMARTS) is 1. The number of pyridine rings is 1. The summed E-state index contributed by atoms with van der Waals surface area (Å²) in [4.78, 5) is 26.0. The maximum absolute atomic E-state index is 11.4. The average Bonchev–Trinajstić information content (AvgIpc) is 2.26. The number of carboxylic acids is 1. The van der Waals surface area contributed by atoms with Crippen LogP contribution >= 0.6 is 0 Å². The Morgan fingerprint density at radius 1 is 1.44 bits per heavy atom. The molecule has 0 saturated carbocycles. The molecule has 0 radical (unpaired) electrons. The Labute approximate surface area is 104 Å². The predicted octanol–water partition coefficient (Wildman–Crippen LogP) is 0.153. The number of amides is 1. The third-order valence-electron chi connectivity index (χ3n) is 2.03. The molecule has 1 aromatic heterocycles. The fourth-order valence-electron chi connectivity index (χ4n) is 1.17. The van der Waals surface area contributed by atoms with Gasteiger partial charge in [0.25, 0.3) is 0 Å². The molecule has 18 heavy (non-hydrogen) atoms. The Hall–Kier alpha value is -1.96. The van der Waals surface area contributed by atoms with Crippen molar-refractivity contribution in [1.82, 2.24) is 4.98 Å². The van der Waals surface area contributed by atoms with Gasteiger partial charge in [-0.3, -0.25) is 9.78 Å². The number of nitrogens with zero attached hydrogens (tertiary/aromatic N) is 1. The van der Waals surface area contributed by atoms with Crippen LogP contribution < -0.4 is 5.32 Å². The van der Waals surface area contributed by atoms with Gasteiger partial charge < -0.3 is 10.4 Å². The van der Waals surface area contributed by atoms with Gasteiger partial charge in [0.1, 0.15) is 9.84 Å². The highest BCUT2D eigenvalue weighted by molar-refractivity contribution is 7.90. The van der Waals surface area contributed by atoms with Crippen LogP contribution in [0.5, 0.6) is 0 Å². The molecule has 0 aliphatic heterocycles. The molecule has 7 nitrogen and oxygen atoms in total. The van der Waals surface area contributed by atoms with E-state index in [1.807, 2.05) is 0 Å². The second-order valence-corrected chi connectivity index (χ2v) is 5.91. The summed E-state index contributed by atoms with van der Waals surface area (Å²) < 4.78 is 21.8. The van der Waals surface area contributed by atoms with Gasteiger partial charge in [-0.25, -0.2) is 13.2 Å². The lowest BCUT2D eigenvalue weighted by Crippen LogP contribution is -2.18. The van der Waals surface area contributed by atoms with E-state index in [0.717, 1.165) is 6.26 Å². The van der Waals surface area contributed by atoms with E-state index in [2.05, 4.69) is 10.3 Å². The zero-order valence-electron chi connectivity index (χ0n) is 9.58. The van der Waals surface area contributed by atoms with E-state index >= 15 is 0 Å². The van der Waals surface area contributed by atoms with E-state index in [4.69, 9.17) is 5.11 Å². The molecule has 0 spiro atoms. The SMILES string of the molecule is CS(=O)(=O)CCC(=O)Nc1cnccc1C(=O)O. The number of carbonyl (C=O) groups is 2. The molecule has 1 rings (SSSR count). The highest BCUT2D eigenvalue weighted by Gasteiger charge is 2.13. The molecule has 0 aliphatic rings. The first-order valence-electron chi connectivity index (χ1n) is 4.94. The van der Waals surface area contributed by atoms with Crippen molar-refractivity contribution in [2.24, 2.45) is 0 Å². The minimum Gasteiger partial charge on any atom is -0.478 e. The third kappa shape index (κ3) is 4.50. The number of carbonyl (C=O) groups excluding carboxylic acids is 1. The van der Waals surface area contributed by atoms with E-state index in [0.29, 0.717) is 0 Å². The molecule has 2 N–H and O–H groups in total.